The second kappa shape index (κ2) is 12.3. The number of rotatable bonds is 10. The van der Waals surface area contributed by atoms with Gasteiger partial charge in [-0.1, -0.05) is 54.1 Å². The third kappa shape index (κ3) is 6.84. The summed E-state index contributed by atoms with van der Waals surface area (Å²) in [4.78, 5) is 0. The Balaban J connectivity index is 0.00000320. The van der Waals surface area contributed by atoms with Gasteiger partial charge in [-0.25, -0.2) is 0 Å². The van der Waals surface area contributed by atoms with Gasteiger partial charge in [0, 0.05) is 23.2 Å². The van der Waals surface area contributed by atoms with E-state index in [1.807, 2.05) is 48.5 Å². The van der Waals surface area contributed by atoms with E-state index in [0.29, 0.717) is 23.9 Å². The number of methoxy groups -OCH3 is 2. The van der Waals surface area contributed by atoms with Crippen LogP contribution in [0.3, 0.4) is 0 Å². The first-order chi connectivity index (χ1) is 14.2. The number of ether oxygens (including phenoxy) is 3. The number of nitrogens with one attached hydrogen (secondary N) is 1. The van der Waals surface area contributed by atoms with Crippen LogP contribution in [-0.4, -0.2) is 20.8 Å². The Kier molecular flexibility index (Phi) is 9.81. The molecule has 160 valence electrons. The van der Waals surface area contributed by atoms with Crippen molar-refractivity contribution in [1.82, 2.24) is 5.32 Å². The van der Waals surface area contributed by atoms with Gasteiger partial charge in [-0.3, -0.25) is 0 Å². The first-order valence-electron chi connectivity index (χ1n) is 9.56. The molecule has 0 aliphatic carbocycles. The maximum Gasteiger partial charge on any atom is 0.166 e. The fourth-order valence-electron chi connectivity index (χ4n) is 3.05. The van der Waals surface area contributed by atoms with E-state index >= 15 is 0 Å². The summed E-state index contributed by atoms with van der Waals surface area (Å²) in [7, 11) is 3.30. The summed E-state index contributed by atoms with van der Waals surface area (Å²) in [6, 6.07) is 21.9. The summed E-state index contributed by atoms with van der Waals surface area (Å²) < 4.78 is 16.8. The largest absolute Gasteiger partial charge is 0.497 e. The van der Waals surface area contributed by atoms with Crippen molar-refractivity contribution in [2.24, 2.45) is 0 Å². The molecule has 0 atom stereocenters. The van der Waals surface area contributed by atoms with Crippen molar-refractivity contribution in [1.29, 1.82) is 0 Å². The van der Waals surface area contributed by atoms with Gasteiger partial charge < -0.3 is 19.5 Å². The zero-order valence-corrected chi connectivity index (χ0v) is 18.8. The van der Waals surface area contributed by atoms with E-state index in [4.69, 9.17) is 25.8 Å². The standard InChI is InChI=1S/C24H26ClNO3.ClH/c1-27-22-10-8-18(9-11-22)12-13-26-16-20-14-21(25)15-23(28-2)24(20)29-17-19-6-4-3-5-7-19;/h3-11,14-15,26H,12-13,16-17H2,1-2H3;1H. The molecule has 0 amide bonds. The molecule has 0 aliphatic rings. The molecule has 3 aromatic rings. The maximum atomic E-state index is 6.28. The molecular formula is C24H27Cl2NO3. The fraction of sp³-hybridized carbons (Fsp3) is 0.250. The predicted molar refractivity (Wildman–Crippen MR) is 124 cm³/mol. The van der Waals surface area contributed by atoms with Crippen LogP contribution in [0, 0.1) is 0 Å². The first-order valence-corrected chi connectivity index (χ1v) is 9.94. The molecule has 0 fully saturated rings. The molecular weight excluding hydrogens is 421 g/mol. The van der Waals surface area contributed by atoms with Crippen molar-refractivity contribution in [3.05, 3.63) is 88.4 Å². The number of hydrogen-bond donors (Lipinski definition) is 1. The highest BCUT2D eigenvalue weighted by atomic mass is 35.5. The zero-order chi connectivity index (χ0) is 20.5. The average molecular weight is 448 g/mol. The molecule has 0 aliphatic heterocycles. The summed E-state index contributed by atoms with van der Waals surface area (Å²) in [5.74, 6) is 2.23. The molecule has 3 rings (SSSR count). The van der Waals surface area contributed by atoms with Gasteiger partial charge in [-0.15, -0.1) is 12.4 Å². The van der Waals surface area contributed by atoms with Crippen molar-refractivity contribution < 1.29 is 14.2 Å². The first kappa shape index (κ1) is 23.9. The fourth-order valence-corrected chi connectivity index (χ4v) is 3.28. The lowest BCUT2D eigenvalue weighted by Gasteiger charge is -2.16. The highest BCUT2D eigenvalue weighted by molar-refractivity contribution is 6.30. The minimum Gasteiger partial charge on any atom is -0.497 e. The van der Waals surface area contributed by atoms with Gasteiger partial charge in [0.2, 0.25) is 0 Å². The Hall–Kier alpha value is -2.40. The highest BCUT2D eigenvalue weighted by Crippen LogP contribution is 2.35. The Labute approximate surface area is 189 Å². The van der Waals surface area contributed by atoms with Crippen LogP contribution in [0.2, 0.25) is 5.02 Å². The van der Waals surface area contributed by atoms with E-state index in [-0.39, 0.29) is 12.4 Å². The summed E-state index contributed by atoms with van der Waals surface area (Å²) in [6.07, 6.45) is 0.919. The molecule has 0 radical (unpaired) electrons. The molecule has 4 nitrogen and oxygen atoms in total. The van der Waals surface area contributed by atoms with Crippen molar-refractivity contribution >= 4 is 24.0 Å². The second-order valence-electron chi connectivity index (χ2n) is 6.65. The lowest BCUT2D eigenvalue weighted by molar-refractivity contribution is 0.280. The molecule has 0 unspecified atom stereocenters. The highest BCUT2D eigenvalue weighted by Gasteiger charge is 2.13. The van der Waals surface area contributed by atoms with E-state index in [9.17, 15) is 0 Å². The molecule has 0 saturated heterocycles. The monoisotopic (exact) mass is 447 g/mol. The SMILES string of the molecule is COc1ccc(CCNCc2cc(Cl)cc(OC)c2OCc2ccccc2)cc1.Cl. The van der Waals surface area contributed by atoms with E-state index in [0.717, 1.165) is 35.6 Å². The van der Waals surface area contributed by atoms with Crippen molar-refractivity contribution in [2.75, 3.05) is 20.8 Å². The van der Waals surface area contributed by atoms with Crippen LogP contribution in [0.25, 0.3) is 0 Å². The van der Waals surface area contributed by atoms with Gasteiger partial charge in [0.25, 0.3) is 0 Å². The van der Waals surface area contributed by atoms with Crippen LogP contribution in [0.15, 0.2) is 66.7 Å². The Morgan fingerprint density at radius 1 is 0.867 bits per heavy atom. The number of benzene rings is 3. The third-order valence-electron chi connectivity index (χ3n) is 4.61. The van der Waals surface area contributed by atoms with Gasteiger partial charge in [0.1, 0.15) is 12.4 Å². The Morgan fingerprint density at radius 2 is 1.60 bits per heavy atom. The van der Waals surface area contributed by atoms with E-state index < -0.39 is 0 Å². The predicted octanol–water partition coefficient (Wildman–Crippen LogP) is 5.69. The lowest BCUT2D eigenvalue weighted by atomic mass is 10.1. The molecule has 3 aromatic carbocycles. The van der Waals surface area contributed by atoms with Gasteiger partial charge in [0.15, 0.2) is 11.5 Å². The molecule has 0 saturated carbocycles. The normalized spacial score (nSPS) is 10.2. The average Bonchev–Trinajstić information content (AvgIpc) is 2.76. The van der Waals surface area contributed by atoms with Gasteiger partial charge in [-0.2, -0.15) is 0 Å². The van der Waals surface area contributed by atoms with Crippen molar-refractivity contribution in [3.63, 3.8) is 0 Å². The molecule has 30 heavy (non-hydrogen) atoms. The van der Waals surface area contributed by atoms with Crippen LogP contribution in [-0.2, 0) is 19.6 Å². The number of halogens is 2. The minimum atomic E-state index is 0. The van der Waals surface area contributed by atoms with Gasteiger partial charge in [-0.05, 0) is 42.3 Å². The number of hydrogen-bond acceptors (Lipinski definition) is 4. The topological polar surface area (TPSA) is 39.7 Å². The van der Waals surface area contributed by atoms with Crippen LogP contribution >= 0.6 is 24.0 Å². The summed E-state index contributed by atoms with van der Waals surface area (Å²) in [6.45, 7) is 1.94. The lowest BCUT2D eigenvalue weighted by Crippen LogP contribution is -2.17. The second-order valence-corrected chi connectivity index (χ2v) is 7.08. The van der Waals surface area contributed by atoms with E-state index in [2.05, 4.69) is 17.4 Å². The maximum absolute atomic E-state index is 6.28. The van der Waals surface area contributed by atoms with Gasteiger partial charge >= 0.3 is 0 Å². The van der Waals surface area contributed by atoms with E-state index in [1.165, 1.54) is 5.56 Å². The summed E-state index contributed by atoms with van der Waals surface area (Å²) in [5.41, 5.74) is 3.32. The molecule has 0 bridgehead atoms. The van der Waals surface area contributed by atoms with Crippen molar-refractivity contribution in [3.8, 4) is 17.2 Å². The molecule has 0 aromatic heterocycles. The Morgan fingerprint density at radius 3 is 2.27 bits per heavy atom. The summed E-state index contributed by atoms with van der Waals surface area (Å²) >= 11 is 6.28. The van der Waals surface area contributed by atoms with Crippen molar-refractivity contribution in [2.45, 2.75) is 19.6 Å². The minimum absolute atomic E-state index is 0. The van der Waals surface area contributed by atoms with E-state index in [1.54, 1.807) is 20.3 Å². The third-order valence-corrected chi connectivity index (χ3v) is 4.83. The molecule has 1 N–H and O–H groups in total. The van der Waals surface area contributed by atoms with Crippen LogP contribution < -0.4 is 19.5 Å². The summed E-state index contributed by atoms with van der Waals surface area (Å²) in [5, 5.41) is 4.10. The smallest absolute Gasteiger partial charge is 0.166 e. The van der Waals surface area contributed by atoms with Crippen LogP contribution in [0.5, 0.6) is 17.2 Å². The molecule has 0 spiro atoms. The van der Waals surface area contributed by atoms with Crippen LogP contribution in [0.1, 0.15) is 16.7 Å². The molecule has 0 heterocycles. The van der Waals surface area contributed by atoms with Crippen LogP contribution in [0.4, 0.5) is 0 Å². The van der Waals surface area contributed by atoms with Gasteiger partial charge in [0.05, 0.1) is 14.2 Å². The quantitative estimate of drug-likeness (QED) is 0.405. The Bertz CT molecular complexity index is 902. The molecule has 6 heteroatoms. The zero-order valence-electron chi connectivity index (χ0n) is 17.2.